The summed E-state index contributed by atoms with van der Waals surface area (Å²) in [5, 5.41) is 13.8. The van der Waals surface area contributed by atoms with Gasteiger partial charge in [-0.2, -0.15) is 0 Å². The maximum Gasteiger partial charge on any atom is 0.107 e. The Bertz CT molecular complexity index is 536. The van der Waals surface area contributed by atoms with Crippen LogP contribution in [0.3, 0.4) is 0 Å². The number of thiazole rings is 1. The highest BCUT2D eigenvalue weighted by Crippen LogP contribution is 2.34. The molecule has 0 spiro atoms. The van der Waals surface area contributed by atoms with Crippen LogP contribution in [0.25, 0.3) is 10.4 Å². The summed E-state index contributed by atoms with van der Waals surface area (Å²) in [4.78, 5) is 5.71. The third-order valence-electron chi connectivity index (χ3n) is 3.76. The number of rotatable bonds is 7. The van der Waals surface area contributed by atoms with Gasteiger partial charge in [0.25, 0.3) is 0 Å². The topological polar surface area (TPSA) is 45.1 Å². The van der Waals surface area contributed by atoms with Crippen LogP contribution in [0, 0.1) is 5.92 Å². The van der Waals surface area contributed by atoms with Gasteiger partial charge in [0, 0.05) is 25.4 Å². The van der Waals surface area contributed by atoms with Crippen LogP contribution >= 0.6 is 11.3 Å². The van der Waals surface area contributed by atoms with Crippen molar-refractivity contribution in [2.45, 2.75) is 31.8 Å². The number of benzene rings is 1. The minimum Gasteiger partial charge on any atom is -0.396 e. The highest BCUT2D eigenvalue weighted by molar-refractivity contribution is 7.15. The Labute approximate surface area is 123 Å². The normalized spacial score (nSPS) is 16.2. The molecule has 0 aliphatic heterocycles. The minimum absolute atomic E-state index is 0.265. The molecule has 2 N–H and O–H groups in total. The summed E-state index contributed by atoms with van der Waals surface area (Å²) < 4.78 is 0. The Morgan fingerprint density at radius 2 is 2.10 bits per heavy atom. The lowest BCUT2D eigenvalue weighted by Gasteiger charge is -2.15. The van der Waals surface area contributed by atoms with Crippen LogP contribution < -0.4 is 5.32 Å². The first kappa shape index (κ1) is 13.7. The molecule has 1 heterocycles. The van der Waals surface area contributed by atoms with E-state index in [2.05, 4.69) is 34.6 Å². The maximum absolute atomic E-state index is 9.11. The highest BCUT2D eigenvalue weighted by atomic mass is 32.1. The summed E-state index contributed by atoms with van der Waals surface area (Å²) in [6.45, 7) is 1.07. The Hall–Kier alpha value is -1.23. The molecule has 0 radical (unpaired) electrons. The van der Waals surface area contributed by atoms with Crippen molar-refractivity contribution in [2.75, 3.05) is 6.61 Å². The Kier molecular flexibility index (Phi) is 4.45. The van der Waals surface area contributed by atoms with Crippen molar-refractivity contribution in [1.82, 2.24) is 10.3 Å². The molecule has 1 atom stereocenters. The third kappa shape index (κ3) is 3.45. The van der Waals surface area contributed by atoms with Crippen LogP contribution in [0.5, 0.6) is 0 Å². The van der Waals surface area contributed by atoms with E-state index in [0.717, 1.165) is 23.9 Å². The van der Waals surface area contributed by atoms with E-state index in [4.69, 9.17) is 5.11 Å². The monoisotopic (exact) mass is 288 g/mol. The first-order valence-electron chi connectivity index (χ1n) is 7.21. The molecule has 1 aromatic heterocycles. The zero-order valence-corrected chi connectivity index (χ0v) is 12.3. The van der Waals surface area contributed by atoms with Gasteiger partial charge in [-0.25, -0.2) is 4.98 Å². The van der Waals surface area contributed by atoms with Gasteiger partial charge >= 0.3 is 0 Å². The molecule has 1 aliphatic carbocycles. The number of aromatic nitrogens is 1. The number of aliphatic hydroxyl groups is 1. The second-order valence-electron chi connectivity index (χ2n) is 5.32. The second kappa shape index (κ2) is 6.48. The number of nitrogens with zero attached hydrogens (tertiary/aromatic N) is 1. The number of hydrogen-bond donors (Lipinski definition) is 2. The SMILES string of the molecule is OCCC(NCc1ncc(-c2ccccc2)s1)C1CC1. The van der Waals surface area contributed by atoms with Gasteiger partial charge in [-0.05, 0) is 30.7 Å². The Morgan fingerprint density at radius 3 is 2.80 bits per heavy atom. The fraction of sp³-hybridized carbons (Fsp3) is 0.438. The number of nitrogens with one attached hydrogen (secondary N) is 1. The van der Waals surface area contributed by atoms with Crippen LogP contribution in [0.1, 0.15) is 24.3 Å². The highest BCUT2D eigenvalue weighted by Gasteiger charge is 2.30. The lowest BCUT2D eigenvalue weighted by molar-refractivity contribution is 0.255. The summed E-state index contributed by atoms with van der Waals surface area (Å²) in [6, 6.07) is 10.8. The van der Waals surface area contributed by atoms with Gasteiger partial charge in [-0.15, -0.1) is 11.3 Å². The quantitative estimate of drug-likeness (QED) is 0.823. The minimum atomic E-state index is 0.265. The van der Waals surface area contributed by atoms with Crippen LogP contribution in [0.2, 0.25) is 0 Å². The molecule has 0 bridgehead atoms. The standard InChI is InChI=1S/C16H20N2OS/c19-9-8-14(12-6-7-12)17-11-16-18-10-15(20-16)13-4-2-1-3-5-13/h1-5,10,12,14,17,19H,6-9,11H2. The molecule has 4 heteroatoms. The molecule has 1 unspecified atom stereocenters. The largest absolute Gasteiger partial charge is 0.396 e. The zero-order valence-electron chi connectivity index (χ0n) is 11.5. The van der Waals surface area contributed by atoms with Crippen LogP contribution in [-0.2, 0) is 6.54 Å². The molecule has 3 nitrogen and oxygen atoms in total. The lowest BCUT2D eigenvalue weighted by Crippen LogP contribution is -2.31. The van der Waals surface area contributed by atoms with E-state index in [0.29, 0.717) is 6.04 Å². The van der Waals surface area contributed by atoms with Crippen molar-refractivity contribution in [1.29, 1.82) is 0 Å². The maximum atomic E-state index is 9.11. The van der Waals surface area contributed by atoms with Gasteiger partial charge in [-0.1, -0.05) is 30.3 Å². The molecular weight excluding hydrogens is 268 g/mol. The summed E-state index contributed by atoms with van der Waals surface area (Å²) in [6.07, 6.45) is 5.40. The van der Waals surface area contributed by atoms with Crippen LogP contribution in [0.4, 0.5) is 0 Å². The van der Waals surface area contributed by atoms with Gasteiger partial charge in [0.2, 0.25) is 0 Å². The van der Waals surface area contributed by atoms with E-state index in [1.165, 1.54) is 23.3 Å². The van der Waals surface area contributed by atoms with E-state index in [-0.39, 0.29) is 6.61 Å². The fourth-order valence-electron chi connectivity index (χ4n) is 2.49. The van der Waals surface area contributed by atoms with Crippen LogP contribution in [-0.4, -0.2) is 22.7 Å². The average molecular weight is 288 g/mol. The van der Waals surface area contributed by atoms with Gasteiger partial charge in [-0.3, -0.25) is 0 Å². The summed E-state index contributed by atoms with van der Waals surface area (Å²) in [5.74, 6) is 0.760. The van der Waals surface area contributed by atoms with Crippen molar-refractivity contribution >= 4 is 11.3 Å². The van der Waals surface area contributed by atoms with Gasteiger partial charge in [0.1, 0.15) is 5.01 Å². The van der Waals surface area contributed by atoms with Crippen molar-refractivity contribution in [3.8, 4) is 10.4 Å². The third-order valence-corrected chi connectivity index (χ3v) is 4.80. The van der Waals surface area contributed by atoms with E-state index in [9.17, 15) is 0 Å². The summed E-state index contributed by atoms with van der Waals surface area (Å²) in [7, 11) is 0. The van der Waals surface area contributed by atoms with Crippen molar-refractivity contribution in [3.05, 3.63) is 41.5 Å². The molecule has 1 aliphatic rings. The molecule has 20 heavy (non-hydrogen) atoms. The second-order valence-corrected chi connectivity index (χ2v) is 6.44. The molecule has 106 valence electrons. The Morgan fingerprint density at radius 1 is 1.30 bits per heavy atom. The van der Waals surface area contributed by atoms with Crippen molar-refractivity contribution in [2.24, 2.45) is 5.92 Å². The van der Waals surface area contributed by atoms with E-state index >= 15 is 0 Å². The molecular formula is C16H20N2OS. The van der Waals surface area contributed by atoms with Gasteiger partial charge in [0.15, 0.2) is 0 Å². The van der Waals surface area contributed by atoms with Crippen molar-refractivity contribution < 1.29 is 5.11 Å². The number of aliphatic hydroxyl groups excluding tert-OH is 1. The molecule has 1 fully saturated rings. The first-order valence-corrected chi connectivity index (χ1v) is 8.03. The molecule has 1 saturated carbocycles. The summed E-state index contributed by atoms with van der Waals surface area (Å²) >= 11 is 1.74. The summed E-state index contributed by atoms with van der Waals surface area (Å²) in [5.41, 5.74) is 1.23. The zero-order chi connectivity index (χ0) is 13.8. The average Bonchev–Trinajstić information content (AvgIpc) is 3.22. The van der Waals surface area contributed by atoms with E-state index < -0.39 is 0 Å². The molecule has 0 saturated heterocycles. The lowest BCUT2D eigenvalue weighted by atomic mass is 10.1. The van der Waals surface area contributed by atoms with E-state index in [1.807, 2.05) is 12.3 Å². The predicted molar refractivity (Wildman–Crippen MR) is 82.6 cm³/mol. The molecule has 1 aromatic carbocycles. The molecule has 2 aromatic rings. The first-order chi connectivity index (χ1) is 9.86. The predicted octanol–water partition coefficient (Wildman–Crippen LogP) is 3.06. The molecule has 0 amide bonds. The molecule has 3 rings (SSSR count). The smallest absolute Gasteiger partial charge is 0.107 e. The number of hydrogen-bond acceptors (Lipinski definition) is 4. The van der Waals surface area contributed by atoms with Crippen LogP contribution in [0.15, 0.2) is 36.5 Å². The Balaban J connectivity index is 1.59. The fourth-order valence-corrected chi connectivity index (χ4v) is 3.36. The van der Waals surface area contributed by atoms with Crippen molar-refractivity contribution in [3.63, 3.8) is 0 Å². The van der Waals surface area contributed by atoms with Gasteiger partial charge in [0.05, 0.1) is 4.88 Å². The van der Waals surface area contributed by atoms with E-state index in [1.54, 1.807) is 11.3 Å². The van der Waals surface area contributed by atoms with Gasteiger partial charge < -0.3 is 10.4 Å².